The number of Topliss-reactive ketones (excluding diaryl/α,β-unsaturated/α-hetero) is 1. The third-order valence-corrected chi connectivity index (χ3v) is 1.84. The first-order valence-electron chi connectivity index (χ1n) is 4.05. The van der Waals surface area contributed by atoms with Gasteiger partial charge in [-0.3, -0.25) is 4.79 Å². The van der Waals surface area contributed by atoms with Crippen molar-refractivity contribution >= 4 is 11.9 Å². The molecule has 1 amide bonds. The normalized spacial score (nSPS) is 12.2. The summed E-state index contributed by atoms with van der Waals surface area (Å²) in [6, 6.07) is 0. The minimum Gasteiger partial charge on any atom is -0.465 e. The van der Waals surface area contributed by atoms with Gasteiger partial charge in [0, 0.05) is 12.5 Å². The van der Waals surface area contributed by atoms with E-state index in [9.17, 15) is 9.59 Å². The Labute approximate surface area is 72.0 Å². The van der Waals surface area contributed by atoms with Crippen molar-refractivity contribution in [2.45, 2.75) is 26.7 Å². The van der Waals surface area contributed by atoms with E-state index in [1.165, 1.54) is 6.92 Å². The van der Waals surface area contributed by atoms with Gasteiger partial charge in [-0.2, -0.15) is 0 Å². The highest BCUT2D eigenvalue weighted by Gasteiger charge is 2.10. The Morgan fingerprint density at radius 1 is 1.50 bits per heavy atom. The van der Waals surface area contributed by atoms with Crippen molar-refractivity contribution in [1.82, 2.24) is 5.32 Å². The molecule has 0 saturated carbocycles. The average molecular weight is 173 g/mol. The van der Waals surface area contributed by atoms with E-state index < -0.39 is 6.09 Å². The number of carbonyl (C=O) groups excluding carboxylic acids is 1. The van der Waals surface area contributed by atoms with E-state index in [1.807, 2.05) is 6.92 Å². The van der Waals surface area contributed by atoms with Crippen molar-refractivity contribution < 1.29 is 14.7 Å². The molecule has 0 aromatic heterocycles. The highest BCUT2D eigenvalue weighted by atomic mass is 16.4. The Hall–Kier alpha value is -1.06. The maximum absolute atomic E-state index is 10.9. The lowest BCUT2D eigenvalue weighted by molar-refractivity contribution is -0.121. The predicted molar refractivity (Wildman–Crippen MR) is 45.1 cm³/mol. The molecule has 70 valence electrons. The maximum Gasteiger partial charge on any atom is 0.404 e. The molecule has 0 aliphatic rings. The van der Waals surface area contributed by atoms with Gasteiger partial charge in [0.25, 0.3) is 0 Å². The second-order valence-electron chi connectivity index (χ2n) is 2.74. The van der Waals surface area contributed by atoms with Crippen LogP contribution in [0.5, 0.6) is 0 Å². The van der Waals surface area contributed by atoms with Crippen molar-refractivity contribution in [2.24, 2.45) is 5.92 Å². The van der Waals surface area contributed by atoms with E-state index in [2.05, 4.69) is 5.32 Å². The number of nitrogens with one attached hydrogen (secondary N) is 1. The monoisotopic (exact) mass is 173 g/mol. The fraction of sp³-hybridized carbons (Fsp3) is 0.750. The molecule has 0 spiro atoms. The van der Waals surface area contributed by atoms with E-state index in [0.29, 0.717) is 13.0 Å². The minimum atomic E-state index is -1.03. The molecule has 0 aliphatic carbocycles. The van der Waals surface area contributed by atoms with Crippen LogP contribution in [0.1, 0.15) is 26.7 Å². The molecule has 4 nitrogen and oxygen atoms in total. The average Bonchev–Trinajstić information content (AvgIpc) is 1.96. The Morgan fingerprint density at radius 2 is 2.08 bits per heavy atom. The Kier molecular flexibility index (Phi) is 5.08. The molecular formula is C8H15NO3. The number of hydrogen-bond acceptors (Lipinski definition) is 2. The first-order valence-corrected chi connectivity index (χ1v) is 4.05. The van der Waals surface area contributed by atoms with Crippen molar-refractivity contribution in [3.05, 3.63) is 0 Å². The van der Waals surface area contributed by atoms with E-state index in [-0.39, 0.29) is 11.7 Å². The summed E-state index contributed by atoms with van der Waals surface area (Å²) < 4.78 is 0. The first kappa shape index (κ1) is 10.9. The molecule has 0 bridgehead atoms. The minimum absolute atomic E-state index is 0.00292. The molecule has 0 fully saturated rings. The number of carbonyl (C=O) groups is 2. The van der Waals surface area contributed by atoms with Crippen LogP contribution in [0.4, 0.5) is 4.79 Å². The molecule has 0 heterocycles. The van der Waals surface area contributed by atoms with Gasteiger partial charge in [-0.15, -0.1) is 0 Å². The quantitative estimate of drug-likeness (QED) is 0.657. The molecule has 0 radical (unpaired) electrons. The smallest absolute Gasteiger partial charge is 0.404 e. The fourth-order valence-electron chi connectivity index (χ4n) is 1.05. The van der Waals surface area contributed by atoms with Crippen molar-refractivity contribution in [3.63, 3.8) is 0 Å². The van der Waals surface area contributed by atoms with Crippen molar-refractivity contribution in [3.8, 4) is 0 Å². The van der Waals surface area contributed by atoms with Gasteiger partial charge >= 0.3 is 6.09 Å². The molecule has 0 aliphatic heterocycles. The summed E-state index contributed by atoms with van der Waals surface area (Å²) in [6.45, 7) is 3.81. The third-order valence-electron chi connectivity index (χ3n) is 1.84. The van der Waals surface area contributed by atoms with E-state index in [4.69, 9.17) is 5.11 Å². The summed E-state index contributed by atoms with van der Waals surface area (Å²) in [4.78, 5) is 20.9. The van der Waals surface area contributed by atoms with Crippen LogP contribution in [-0.4, -0.2) is 23.5 Å². The molecule has 0 rings (SSSR count). The zero-order valence-corrected chi connectivity index (χ0v) is 7.46. The van der Waals surface area contributed by atoms with E-state index in [0.717, 1.165) is 6.42 Å². The van der Waals surface area contributed by atoms with Gasteiger partial charge in [-0.25, -0.2) is 4.79 Å². The van der Waals surface area contributed by atoms with Crippen LogP contribution in [0.2, 0.25) is 0 Å². The molecule has 0 aromatic carbocycles. The third kappa shape index (κ3) is 4.71. The van der Waals surface area contributed by atoms with Crippen molar-refractivity contribution in [2.75, 3.05) is 6.54 Å². The molecule has 0 saturated heterocycles. The Balaban J connectivity index is 3.59. The van der Waals surface area contributed by atoms with Gasteiger partial charge in [0.15, 0.2) is 0 Å². The summed E-state index contributed by atoms with van der Waals surface area (Å²) in [5.41, 5.74) is 0. The van der Waals surface area contributed by atoms with Gasteiger partial charge in [0.2, 0.25) is 0 Å². The zero-order valence-electron chi connectivity index (χ0n) is 7.46. The van der Waals surface area contributed by atoms with E-state index in [1.54, 1.807) is 0 Å². The highest BCUT2D eigenvalue weighted by Crippen LogP contribution is 2.07. The highest BCUT2D eigenvalue weighted by molar-refractivity contribution is 5.78. The molecule has 1 unspecified atom stereocenters. The second-order valence-corrected chi connectivity index (χ2v) is 2.74. The van der Waals surface area contributed by atoms with Crippen LogP contribution in [0.25, 0.3) is 0 Å². The van der Waals surface area contributed by atoms with Crippen molar-refractivity contribution in [1.29, 1.82) is 0 Å². The van der Waals surface area contributed by atoms with Crippen LogP contribution >= 0.6 is 0 Å². The second kappa shape index (κ2) is 5.57. The Morgan fingerprint density at radius 3 is 2.42 bits per heavy atom. The summed E-state index contributed by atoms with van der Waals surface area (Å²) in [5.74, 6) is 0.126. The number of rotatable bonds is 5. The zero-order chi connectivity index (χ0) is 9.56. The summed E-state index contributed by atoms with van der Waals surface area (Å²) >= 11 is 0. The number of carboxylic acid groups (broad SMARTS) is 1. The standard InChI is InChI=1S/C8H15NO3/c1-3-7(6(2)10)4-5-9-8(11)12/h7,9H,3-5H2,1-2H3,(H,11,12). The van der Waals surface area contributed by atoms with Crippen LogP contribution < -0.4 is 5.32 Å². The van der Waals surface area contributed by atoms with Gasteiger partial charge in [-0.05, 0) is 19.8 Å². The van der Waals surface area contributed by atoms with Gasteiger partial charge < -0.3 is 10.4 Å². The van der Waals surface area contributed by atoms with Crippen LogP contribution in [0, 0.1) is 5.92 Å². The first-order chi connectivity index (χ1) is 5.57. The SMILES string of the molecule is CCC(CCNC(=O)O)C(C)=O. The molecule has 2 N–H and O–H groups in total. The summed E-state index contributed by atoms with van der Waals surface area (Å²) in [7, 11) is 0. The van der Waals surface area contributed by atoms with Gasteiger partial charge in [0.1, 0.15) is 5.78 Å². The number of amides is 1. The lowest BCUT2D eigenvalue weighted by Gasteiger charge is -2.09. The van der Waals surface area contributed by atoms with E-state index >= 15 is 0 Å². The molecule has 12 heavy (non-hydrogen) atoms. The molecular weight excluding hydrogens is 158 g/mol. The van der Waals surface area contributed by atoms with Crippen LogP contribution in [0.15, 0.2) is 0 Å². The fourth-order valence-corrected chi connectivity index (χ4v) is 1.05. The van der Waals surface area contributed by atoms with Gasteiger partial charge in [-0.1, -0.05) is 6.92 Å². The molecule has 1 atom stereocenters. The number of ketones is 1. The summed E-state index contributed by atoms with van der Waals surface area (Å²) in [6.07, 6.45) is 0.336. The summed E-state index contributed by atoms with van der Waals surface area (Å²) in [5, 5.41) is 10.5. The lowest BCUT2D eigenvalue weighted by atomic mass is 9.98. The maximum atomic E-state index is 10.9. The molecule has 0 aromatic rings. The number of hydrogen-bond donors (Lipinski definition) is 2. The van der Waals surface area contributed by atoms with Gasteiger partial charge in [0.05, 0.1) is 0 Å². The van der Waals surface area contributed by atoms with Crippen LogP contribution in [-0.2, 0) is 4.79 Å². The molecule has 4 heteroatoms. The largest absolute Gasteiger partial charge is 0.465 e. The predicted octanol–water partition coefficient (Wildman–Crippen LogP) is 1.26. The Bertz CT molecular complexity index is 168. The topological polar surface area (TPSA) is 66.4 Å². The van der Waals surface area contributed by atoms with Crippen LogP contribution in [0.3, 0.4) is 0 Å². The lowest BCUT2D eigenvalue weighted by Crippen LogP contribution is -2.25.